The van der Waals surface area contributed by atoms with Gasteiger partial charge in [0, 0.05) is 12.6 Å². The molecular formula is C22H30N4O4. The van der Waals surface area contributed by atoms with Gasteiger partial charge in [0.1, 0.15) is 0 Å². The van der Waals surface area contributed by atoms with Crippen molar-refractivity contribution in [3.63, 3.8) is 0 Å². The molecule has 0 spiro atoms. The second kappa shape index (κ2) is 8.26. The Labute approximate surface area is 176 Å². The van der Waals surface area contributed by atoms with E-state index in [1.54, 1.807) is 0 Å². The van der Waals surface area contributed by atoms with E-state index in [-0.39, 0.29) is 29.9 Å². The van der Waals surface area contributed by atoms with Crippen molar-refractivity contribution < 1.29 is 19.5 Å². The summed E-state index contributed by atoms with van der Waals surface area (Å²) in [7, 11) is 0. The van der Waals surface area contributed by atoms with Crippen molar-refractivity contribution in [2.45, 2.75) is 56.0 Å². The van der Waals surface area contributed by atoms with Crippen molar-refractivity contribution in [3.8, 4) is 0 Å². The summed E-state index contributed by atoms with van der Waals surface area (Å²) < 4.78 is 0. The molecule has 4 rings (SSSR count). The molecule has 2 aliphatic heterocycles. The number of nitrogens with two attached hydrogens (primary N) is 1. The van der Waals surface area contributed by atoms with Crippen LogP contribution in [0.25, 0.3) is 0 Å². The Morgan fingerprint density at radius 1 is 1.07 bits per heavy atom. The van der Waals surface area contributed by atoms with E-state index in [2.05, 4.69) is 10.6 Å². The molecule has 162 valence electrons. The third-order valence-electron chi connectivity index (χ3n) is 7.23. The molecule has 2 heterocycles. The normalized spacial score (nSPS) is 28.7. The number of nitrogens with one attached hydrogen (secondary N) is 2. The van der Waals surface area contributed by atoms with Crippen LogP contribution in [0.5, 0.6) is 0 Å². The fourth-order valence-corrected chi connectivity index (χ4v) is 5.37. The first-order valence-electron chi connectivity index (χ1n) is 10.8. The molecule has 5 N–H and O–H groups in total. The van der Waals surface area contributed by atoms with Crippen LogP contribution in [0.4, 0.5) is 4.79 Å². The van der Waals surface area contributed by atoms with Crippen molar-refractivity contribution in [3.05, 3.63) is 35.4 Å². The van der Waals surface area contributed by atoms with Gasteiger partial charge < -0.3 is 26.4 Å². The van der Waals surface area contributed by atoms with Crippen LogP contribution in [0.15, 0.2) is 24.3 Å². The number of hydrogen-bond donors (Lipinski definition) is 4. The first kappa shape index (κ1) is 20.7. The molecule has 3 amide bonds. The first-order valence-corrected chi connectivity index (χ1v) is 10.8. The first-order chi connectivity index (χ1) is 14.4. The highest BCUT2D eigenvalue weighted by Gasteiger charge is 2.41. The SMILES string of the molecule is NC(=O)C1(c2ccc(C3CNC(=O)N3[C@H]3CC[C@H](C(=O)O)CC3)cc2)CCNCC1. The van der Waals surface area contributed by atoms with Crippen LogP contribution in [-0.2, 0) is 15.0 Å². The molecule has 1 unspecified atom stereocenters. The van der Waals surface area contributed by atoms with E-state index in [9.17, 15) is 19.5 Å². The molecular weight excluding hydrogens is 384 g/mol. The number of urea groups is 1. The maximum atomic E-state index is 12.6. The molecule has 3 aliphatic rings. The van der Waals surface area contributed by atoms with Gasteiger partial charge in [-0.1, -0.05) is 24.3 Å². The molecule has 8 heteroatoms. The average Bonchev–Trinajstić information content (AvgIpc) is 3.15. The highest BCUT2D eigenvalue weighted by Crippen LogP contribution is 2.37. The number of benzene rings is 1. The molecule has 0 bridgehead atoms. The predicted octanol–water partition coefficient (Wildman–Crippen LogP) is 1.50. The summed E-state index contributed by atoms with van der Waals surface area (Å²) in [5, 5.41) is 15.5. The molecule has 3 fully saturated rings. The molecule has 0 radical (unpaired) electrons. The Morgan fingerprint density at radius 2 is 1.70 bits per heavy atom. The Balaban J connectivity index is 1.52. The summed E-state index contributed by atoms with van der Waals surface area (Å²) in [6, 6.07) is 7.84. The second-order valence-electron chi connectivity index (χ2n) is 8.77. The zero-order chi connectivity index (χ0) is 21.3. The van der Waals surface area contributed by atoms with Gasteiger partial charge in [0.25, 0.3) is 0 Å². The number of carbonyl (C=O) groups is 3. The van der Waals surface area contributed by atoms with Gasteiger partial charge in [0.05, 0.1) is 17.4 Å². The van der Waals surface area contributed by atoms with E-state index in [4.69, 9.17) is 5.73 Å². The van der Waals surface area contributed by atoms with E-state index >= 15 is 0 Å². The number of hydrogen-bond acceptors (Lipinski definition) is 4. The molecule has 1 atom stereocenters. The minimum absolute atomic E-state index is 0.0501. The Kier molecular flexibility index (Phi) is 5.69. The van der Waals surface area contributed by atoms with Gasteiger partial charge >= 0.3 is 12.0 Å². The number of amides is 3. The van der Waals surface area contributed by atoms with Crippen molar-refractivity contribution in [2.24, 2.45) is 11.7 Å². The van der Waals surface area contributed by atoms with Crippen molar-refractivity contribution in [2.75, 3.05) is 19.6 Å². The largest absolute Gasteiger partial charge is 0.481 e. The minimum atomic E-state index is -0.743. The number of carboxylic acids is 1. The lowest BCUT2D eigenvalue weighted by Gasteiger charge is -2.37. The second-order valence-corrected chi connectivity index (χ2v) is 8.77. The van der Waals surface area contributed by atoms with E-state index in [1.807, 2.05) is 29.2 Å². The smallest absolute Gasteiger partial charge is 0.318 e. The number of nitrogens with zero attached hydrogens (tertiary/aromatic N) is 1. The third kappa shape index (κ3) is 3.64. The van der Waals surface area contributed by atoms with Crippen molar-refractivity contribution in [1.29, 1.82) is 0 Å². The molecule has 1 aromatic rings. The quantitative estimate of drug-likeness (QED) is 0.581. The van der Waals surface area contributed by atoms with E-state index < -0.39 is 11.4 Å². The summed E-state index contributed by atoms with van der Waals surface area (Å²) in [4.78, 5) is 38.0. The minimum Gasteiger partial charge on any atom is -0.481 e. The monoisotopic (exact) mass is 414 g/mol. The molecule has 1 aromatic carbocycles. The highest BCUT2D eigenvalue weighted by atomic mass is 16.4. The fourth-order valence-electron chi connectivity index (χ4n) is 5.37. The Hall–Kier alpha value is -2.61. The molecule has 0 aromatic heterocycles. The zero-order valence-corrected chi connectivity index (χ0v) is 17.1. The van der Waals surface area contributed by atoms with Gasteiger partial charge in [-0.25, -0.2) is 4.79 Å². The van der Waals surface area contributed by atoms with Crippen LogP contribution in [0.2, 0.25) is 0 Å². The van der Waals surface area contributed by atoms with Crippen LogP contribution in [-0.4, -0.2) is 53.6 Å². The van der Waals surface area contributed by atoms with Crippen molar-refractivity contribution in [1.82, 2.24) is 15.5 Å². The van der Waals surface area contributed by atoms with Crippen LogP contribution in [0.1, 0.15) is 55.7 Å². The molecule has 1 aliphatic carbocycles. The number of carboxylic acid groups (broad SMARTS) is 1. The highest BCUT2D eigenvalue weighted by molar-refractivity contribution is 5.87. The lowest BCUT2D eigenvalue weighted by atomic mass is 9.72. The standard InChI is InChI=1S/C22H30N4O4/c23-20(29)22(9-11-24-12-10-22)16-5-1-14(2-6-16)18-13-25-21(30)26(18)17-7-3-15(4-8-17)19(27)28/h1-2,5-6,15,17-18,24H,3-4,7-13H2,(H2,23,29)(H,25,30)(H,27,28)/t15-,17-,18?. The predicted molar refractivity (Wildman–Crippen MR) is 111 cm³/mol. The number of carbonyl (C=O) groups excluding carboxylic acids is 2. The summed E-state index contributed by atoms with van der Waals surface area (Å²) in [5.74, 6) is -1.33. The maximum absolute atomic E-state index is 12.6. The van der Waals surface area contributed by atoms with E-state index in [1.165, 1.54) is 0 Å². The number of piperidine rings is 1. The van der Waals surface area contributed by atoms with E-state index in [0.717, 1.165) is 24.2 Å². The van der Waals surface area contributed by atoms with Gasteiger partial charge in [-0.2, -0.15) is 0 Å². The third-order valence-corrected chi connectivity index (χ3v) is 7.23. The lowest BCUT2D eigenvalue weighted by Crippen LogP contribution is -2.48. The zero-order valence-electron chi connectivity index (χ0n) is 17.1. The molecule has 2 saturated heterocycles. The van der Waals surface area contributed by atoms with Crippen molar-refractivity contribution >= 4 is 17.9 Å². The molecule has 1 saturated carbocycles. The number of aliphatic carboxylic acids is 1. The summed E-state index contributed by atoms with van der Waals surface area (Å²) in [6.07, 6.45) is 3.98. The number of rotatable bonds is 5. The summed E-state index contributed by atoms with van der Waals surface area (Å²) in [5.41, 5.74) is 7.11. The lowest BCUT2D eigenvalue weighted by molar-refractivity contribution is -0.143. The van der Waals surface area contributed by atoms with Crippen LogP contribution >= 0.6 is 0 Å². The van der Waals surface area contributed by atoms with Gasteiger partial charge in [-0.3, -0.25) is 9.59 Å². The van der Waals surface area contributed by atoms with Crippen LogP contribution in [0.3, 0.4) is 0 Å². The van der Waals surface area contributed by atoms with Crippen LogP contribution < -0.4 is 16.4 Å². The van der Waals surface area contributed by atoms with Gasteiger partial charge in [-0.15, -0.1) is 0 Å². The van der Waals surface area contributed by atoms with Crippen LogP contribution in [0, 0.1) is 5.92 Å². The van der Waals surface area contributed by atoms with Gasteiger partial charge in [0.15, 0.2) is 0 Å². The Morgan fingerprint density at radius 3 is 2.27 bits per heavy atom. The van der Waals surface area contributed by atoms with Gasteiger partial charge in [-0.05, 0) is 62.7 Å². The maximum Gasteiger partial charge on any atom is 0.318 e. The number of primary amides is 1. The Bertz CT molecular complexity index is 811. The fraction of sp³-hybridized carbons (Fsp3) is 0.591. The molecule has 30 heavy (non-hydrogen) atoms. The average molecular weight is 415 g/mol. The summed E-state index contributed by atoms with van der Waals surface area (Å²) in [6.45, 7) is 2.05. The summed E-state index contributed by atoms with van der Waals surface area (Å²) >= 11 is 0. The molecule has 8 nitrogen and oxygen atoms in total. The topological polar surface area (TPSA) is 125 Å². The van der Waals surface area contributed by atoms with Gasteiger partial charge in [0.2, 0.25) is 5.91 Å². The van der Waals surface area contributed by atoms with E-state index in [0.29, 0.717) is 45.1 Å².